The van der Waals surface area contributed by atoms with Crippen molar-refractivity contribution in [2.45, 2.75) is 38.5 Å². The fourth-order valence-corrected chi connectivity index (χ4v) is 2.56. The van der Waals surface area contributed by atoms with Crippen molar-refractivity contribution in [3.05, 3.63) is 35.4 Å². The predicted octanol–water partition coefficient (Wildman–Crippen LogP) is 3.79. The fraction of sp³-hybridized carbons (Fsp3) is 0.500. The molecule has 15 heavy (non-hydrogen) atoms. The number of aldehydes is 1. The first-order chi connectivity index (χ1) is 7.31. The highest BCUT2D eigenvalue weighted by molar-refractivity contribution is 5.77. The Morgan fingerprint density at radius 1 is 1.13 bits per heavy atom. The largest absolute Gasteiger partial charge is 0.298 e. The molecule has 0 heterocycles. The zero-order valence-corrected chi connectivity index (χ0v) is 9.28. The molecule has 2 rings (SSSR count). The van der Waals surface area contributed by atoms with E-state index in [-0.39, 0.29) is 0 Å². The summed E-state index contributed by atoms with van der Waals surface area (Å²) in [6, 6.07) is 8.03. The van der Waals surface area contributed by atoms with Crippen LogP contribution in [0.15, 0.2) is 24.3 Å². The van der Waals surface area contributed by atoms with E-state index >= 15 is 0 Å². The predicted molar refractivity (Wildman–Crippen MR) is 62.2 cm³/mol. The number of hydrogen-bond acceptors (Lipinski definition) is 1. The smallest absolute Gasteiger partial charge is 0.150 e. The van der Waals surface area contributed by atoms with Crippen molar-refractivity contribution in [3.63, 3.8) is 0 Å². The summed E-state index contributed by atoms with van der Waals surface area (Å²) in [6.07, 6.45) is 6.08. The molecule has 1 aliphatic rings. The summed E-state index contributed by atoms with van der Waals surface area (Å²) < 4.78 is 0. The maximum absolute atomic E-state index is 10.9. The van der Waals surface area contributed by atoms with Gasteiger partial charge in [0.25, 0.3) is 0 Å². The van der Waals surface area contributed by atoms with Crippen molar-refractivity contribution >= 4 is 6.29 Å². The Morgan fingerprint density at radius 3 is 2.47 bits per heavy atom. The quantitative estimate of drug-likeness (QED) is 0.667. The molecule has 1 fully saturated rings. The van der Waals surface area contributed by atoms with Crippen LogP contribution in [0.1, 0.15) is 54.4 Å². The van der Waals surface area contributed by atoms with Crippen molar-refractivity contribution in [2.24, 2.45) is 5.92 Å². The number of rotatable bonds is 2. The van der Waals surface area contributed by atoms with E-state index in [2.05, 4.69) is 13.0 Å². The van der Waals surface area contributed by atoms with Gasteiger partial charge in [0.05, 0.1) is 0 Å². The molecule has 0 amide bonds. The van der Waals surface area contributed by atoms with E-state index in [1.807, 2.05) is 18.2 Å². The van der Waals surface area contributed by atoms with E-state index in [0.29, 0.717) is 5.92 Å². The molecule has 1 nitrogen and oxygen atoms in total. The van der Waals surface area contributed by atoms with Gasteiger partial charge in [-0.2, -0.15) is 0 Å². The molecule has 80 valence electrons. The van der Waals surface area contributed by atoms with Gasteiger partial charge in [-0.05, 0) is 30.2 Å². The third kappa shape index (κ3) is 2.28. The van der Waals surface area contributed by atoms with Gasteiger partial charge < -0.3 is 0 Å². The van der Waals surface area contributed by atoms with E-state index in [1.54, 1.807) is 0 Å². The zero-order chi connectivity index (χ0) is 10.7. The summed E-state index contributed by atoms with van der Waals surface area (Å²) in [5.41, 5.74) is 2.15. The van der Waals surface area contributed by atoms with Crippen LogP contribution in [0.5, 0.6) is 0 Å². The lowest BCUT2D eigenvalue weighted by Gasteiger charge is -2.27. The molecule has 0 bridgehead atoms. The van der Waals surface area contributed by atoms with Crippen LogP contribution in [0.4, 0.5) is 0 Å². The second-order valence-electron chi connectivity index (χ2n) is 4.70. The SMILES string of the molecule is CC1CCC(c2ccccc2C=O)CC1. The van der Waals surface area contributed by atoms with Crippen LogP contribution in [0, 0.1) is 5.92 Å². The zero-order valence-electron chi connectivity index (χ0n) is 9.28. The van der Waals surface area contributed by atoms with Crippen molar-refractivity contribution in [1.82, 2.24) is 0 Å². The van der Waals surface area contributed by atoms with Crippen LogP contribution in [0.2, 0.25) is 0 Å². The highest BCUT2D eigenvalue weighted by atomic mass is 16.1. The summed E-state index contributed by atoms with van der Waals surface area (Å²) >= 11 is 0. The molecule has 0 unspecified atom stereocenters. The first kappa shape index (κ1) is 10.4. The van der Waals surface area contributed by atoms with Crippen LogP contribution in [-0.4, -0.2) is 6.29 Å². The molecular weight excluding hydrogens is 184 g/mol. The highest BCUT2D eigenvalue weighted by Gasteiger charge is 2.21. The van der Waals surface area contributed by atoms with E-state index < -0.39 is 0 Å². The van der Waals surface area contributed by atoms with Gasteiger partial charge in [-0.3, -0.25) is 4.79 Å². The summed E-state index contributed by atoms with van der Waals surface area (Å²) in [7, 11) is 0. The van der Waals surface area contributed by atoms with Crippen molar-refractivity contribution in [3.8, 4) is 0 Å². The molecule has 0 radical (unpaired) electrons. The summed E-state index contributed by atoms with van der Waals surface area (Å²) in [5.74, 6) is 1.48. The molecular formula is C14H18O. The summed E-state index contributed by atoms with van der Waals surface area (Å²) in [4.78, 5) is 10.9. The molecule has 1 aliphatic carbocycles. The average molecular weight is 202 g/mol. The number of hydrogen-bond donors (Lipinski definition) is 0. The minimum Gasteiger partial charge on any atom is -0.298 e. The minimum atomic E-state index is 0.614. The van der Waals surface area contributed by atoms with Crippen molar-refractivity contribution in [1.29, 1.82) is 0 Å². The van der Waals surface area contributed by atoms with E-state index in [4.69, 9.17) is 0 Å². The number of carbonyl (C=O) groups is 1. The van der Waals surface area contributed by atoms with Crippen LogP contribution >= 0.6 is 0 Å². The Labute approximate surface area is 91.5 Å². The van der Waals surface area contributed by atoms with Gasteiger partial charge in [0.15, 0.2) is 0 Å². The maximum Gasteiger partial charge on any atom is 0.150 e. The van der Waals surface area contributed by atoms with Gasteiger partial charge in [-0.15, -0.1) is 0 Å². The molecule has 0 saturated heterocycles. The molecule has 0 aliphatic heterocycles. The van der Waals surface area contributed by atoms with Crippen LogP contribution in [-0.2, 0) is 0 Å². The van der Waals surface area contributed by atoms with Gasteiger partial charge in [0, 0.05) is 5.56 Å². The first-order valence-corrected chi connectivity index (χ1v) is 5.85. The van der Waals surface area contributed by atoms with Gasteiger partial charge in [-0.25, -0.2) is 0 Å². The molecule has 1 saturated carbocycles. The lowest BCUT2D eigenvalue weighted by molar-refractivity contribution is 0.112. The molecule has 0 atom stereocenters. The van der Waals surface area contributed by atoms with Crippen LogP contribution in [0.25, 0.3) is 0 Å². The summed E-state index contributed by atoms with van der Waals surface area (Å²) in [6.45, 7) is 2.32. The summed E-state index contributed by atoms with van der Waals surface area (Å²) in [5, 5.41) is 0. The molecule has 0 aromatic heterocycles. The molecule has 1 aromatic carbocycles. The third-order valence-corrected chi connectivity index (χ3v) is 3.58. The fourth-order valence-electron chi connectivity index (χ4n) is 2.56. The Morgan fingerprint density at radius 2 is 1.80 bits per heavy atom. The number of carbonyl (C=O) groups excluding carboxylic acids is 1. The van der Waals surface area contributed by atoms with E-state index in [9.17, 15) is 4.79 Å². The molecule has 0 N–H and O–H groups in total. The Bertz CT molecular complexity index is 335. The monoisotopic (exact) mass is 202 g/mol. The average Bonchev–Trinajstić information content (AvgIpc) is 2.30. The second-order valence-corrected chi connectivity index (χ2v) is 4.70. The van der Waals surface area contributed by atoms with Gasteiger partial charge in [-0.1, -0.05) is 44.0 Å². The lowest BCUT2D eigenvalue weighted by Crippen LogP contribution is -2.12. The first-order valence-electron chi connectivity index (χ1n) is 5.85. The maximum atomic E-state index is 10.9. The minimum absolute atomic E-state index is 0.614. The van der Waals surface area contributed by atoms with Crippen molar-refractivity contribution in [2.75, 3.05) is 0 Å². The van der Waals surface area contributed by atoms with Gasteiger partial charge in [0.2, 0.25) is 0 Å². The highest BCUT2D eigenvalue weighted by Crippen LogP contribution is 2.36. The molecule has 0 spiro atoms. The number of benzene rings is 1. The normalized spacial score (nSPS) is 26.2. The Balaban J connectivity index is 2.18. The lowest BCUT2D eigenvalue weighted by atomic mass is 9.78. The van der Waals surface area contributed by atoms with Crippen molar-refractivity contribution < 1.29 is 4.79 Å². The van der Waals surface area contributed by atoms with Gasteiger partial charge in [0.1, 0.15) is 6.29 Å². The standard InChI is InChI=1S/C14H18O/c1-11-6-8-12(9-7-11)14-5-3-2-4-13(14)10-15/h2-5,10-12H,6-9H2,1H3. The van der Waals surface area contributed by atoms with Crippen LogP contribution < -0.4 is 0 Å². The second kappa shape index (κ2) is 4.61. The van der Waals surface area contributed by atoms with Gasteiger partial charge >= 0.3 is 0 Å². The molecule has 1 aromatic rings. The van der Waals surface area contributed by atoms with Crippen LogP contribution in [0.3, 0.4) is 0 Å². The Kier molecular flexibility index (Phi) is 3.20. The third-order valence-electron chi connectivity index (χ3n) is 3.58. The van der Waals surface area contributed by atoms with E-state index in [0.717, 1.165) is 17.8 Å². The topological polar surface area (TPSA) is 17.1 Å². The Hall–Kier alpha value is -1.11. The molecule has 1 heteroatoms. The van der Waals surface area contributed by atoms with E-state index in [1.165, 1.54) is 31.2 Å².